The lowest BCUT2D eigenvalue weighted by Crippen LogP contribution is -2.13. The molecule has 150 valence electrons. The Kier molecular flexibility index (Phi) is 5.93. The van der Waals surface area contributed by atoms with Crippen molar-refractivity contribution in [1.29, 1.82) is 0 Å². The molecule has 0 aliphatic heterocycles. The van der Waals surface area contributed by atoms with Crippen LogP contribution >= 0.6 is 23.2 Å². The average molecular weight is 429 g/mol. The maximum Gasteiger partial charge on any atom is 0.356 e. The molecular weight excluding hydrogens is 407 g/mol. The molecule has 0 amide bonds. The average Bonchev–Trinajstić information content (AvgIpc) is 2.91. The fraction of sp³-hybridized carbons (Fsp3) is 0.304. The van der Waals surface area contributed by atoms with Crippen LogP contribution in [0.2, 0.25) is 10.0 Å². The minimum atomic E-state index is -0.959. The van der Waals surface area contributed by atoms with Gasteiger partial charge in [0.05, 0.1) is 6.54 Å². The lowest BCUT2D eigenvalue weighted by molar-refractivity contribution is 0.0688. The van der Waals surface area contributed by atoms with Gasteiger partial charge in [-0.1, -0.05) is 53.9 Å². The van der Waals surface area contributed by atoms with Crippen molar-refractivity contribution in [1.82, 2.24) is 9.78 Å². The first-order chi connectivity index (χ1) is 14.0. The smallest absolute Gasteiger partial charge is 0.356 e. The number of fused-ring (bicyclic) bond motifs is 1. The summed E-state index contributed by atoms with van der Waals surface area (Å²) >= 11 is 12.2. The first kappa shape index (κ1) is 20.0. The molecule has 4 rings (SSSR count). The molecule has 0 radical (unpaired) electrons. The zero-order valence-corrected chi connectivity index (χ0v) is 17.5. The third-order valence-corrected chi connectivity index (χ3v) is 6.02. The Labute approximate surface area is 180 Å². The normalized spacial score (nSPS) is 16.3. The van der Waals surface area contributed by atoms with Gasteiger partial charge in [-0.25, -0.2) is 4.79 Å². The van der Waals surface area contributed by atoms with E-state index >= 15 is 0 Å². The molecule has 0 saturated carbocycles. The second-order valence-electron chi connectivity index (χ2n) is 7.58. The van der Waals surface area contributed by atoms with Gasteiger partial charge >= 0.3 is 5.97 Å². The van der Waals surface area contributed by atoms with Gasteiger partial charge < -0.3 is 5.11 Å². The van der Waals surface area contributed by atoms with E-state index in [1.807, 2.05) is 47.1 Å². The first-order valence-corrected chi connectivity index (χ1v) is 10.6. The summed E-state index contributed by atoms with van der Waals surface area (Å²) in [6, 6.07) is 15.5. The van der Waals surface area contributed by atoms with Gasteiger partial charge in [0.15, 0.2) is 5.69 Å². The van der Waals surface area contributed by atoms with E-state index in [-0.39, 0.29) is 11.6 Å². The number of hydrogen-bond acceptors (Lipinski definition) is 2. The molecule has 1 unspecified atom stereocenters. The fourth-order valence-corrected chi connectivity index (χ4v) is 4.59. The van der Waals surface area contributed by atoms with E-state index in [2.05, 4.69) is 11.2 Å². The molecule has 3 aromatic rings. The van der Waals surface area contributed by atoms with Crippen LogP contribution in [0.15, 0.2) is 48.5 Å². The molecular formula is C23H22Cl2N2O2. The summed E-state index contributed by atoms with van der Waals surface area (Å²) in [5, 5.41) is 15.7. The fourth-order valence-electron chi connectivity index (χ4n) is 4.25. The molecule has 0 bridgehead atoms. The lowest BCUT2D eigenvalue weighted by atomic mass is 9.91. The van der Waals surface area contributed by atoms with Gasteiger partial charge in [0.2, 0.25) is 0 Å². The molecule has 0 fully saturated rings. The Morgan fingerprint density at radius 2 is 1.86 bits per heavy atom. The number of carboxylic acids is 1. The predicted octanol–water partition coefficient (Wildman–Crippen LogP) is 5.99. The van der Waals surface area contributed by atoms with Crippen LogP contribution in [0.5, 0.6) is 0 Å². The highest BCUT2D eigenvalue weighted by molar-refractivity contribution is 6.30. The van der Waals surface area contributed by atoms with E-state index in [9.17, 15) is 9.90 Å². The van der Waals surface area contributed by atoms with Crippen LogP contribution in [-0.4, -0.2) is 20.9 Å². The molecule has 1 aliphatic carbocycles. The Hall–Kier alpha value is -2.30. The number of nitrogens with zero attached hydrogens (tertiary/aromatic N) is 2. The highest BCUT2D eigenvalue weighted by atomic mass is 35.5. The van der Waals surface area contributed by atoms with Crippen molar-refractivity contribution in [2.75, 3.05) is 0 Å². The molecule has 1 aromatic heterocycles. The second-order valence-corrected chi connectivity index (χ2v) is 8.45. The predicted molar refractivity (Wildman–Crippen MR) is 115 cm³/mol. The number of aromatic nitrogens is 2. The minimum Gasteiger partial charge on any atom is -0.476 e. The maximum absolute atomic E-state index is 11.9. The molecule has 4 nitrogen and oxygen atoms in total. The Morgan fingerprint density at radius 1 is 1.07 bits per heavy atom. The van der Waals surface area contributed by atoms with Gasteiger partial charge in [-0.05, 0) is 61.1 Å². The van der Waals surface area contributed by atoms with Crippen molar-refractivity contribution >= 4 is 29.2 Å². The van der Waals surface area contributed by atoms with Gasteiger partial charge in [0.25, 0.3) is 0 Å². The van der Waals surface area contributed by atoms with Crippen LogP contribution in [0.3, 0.4) is 0 Å². The SMILES string of the molecule is O=C(O)c1nn(Cc2ccc(Cl)cc2)c2c1CCCCC2Cc1cccc(Cl)c1. The van der Waals surface area contributed by atoms with Gasteiger partial charge in [-0.2, -0.15) is 5.10 Å². The van der Waals surface area contributed by atoms with Gasteiger partial charge in [-0.15, -0.1) is 0 Å². The van der Waals surface area contributed by atoms with Crippen LogP contribution in [-0.2, 0) is 19.4 Å². The molecule has 0 spiro atoms. The summed E-state index contributed by atoms with van der Waals surface area (Å²) in [5.41, 5.74) is 4.33. The topological polar surface area (TPSA) is 55.1 Å². The third kappa shape index (κ3) is 4.49. The maximum atomic E-state index is 11.9. The van der Waals surface area contributed by atoms with Crippen molar-refractivity contribution in [3.8, 4) is 0 Å². The molecule has 0 saturated heterocycles. The quantitative estimate of drug-likeness (QED) is 0.507. The highest BCUT2D eigenvalue weighted by Crippen LogP contribution is 2.35. The number of carbonyl (C=O) groups is 1. The lowest BCUT2D eigenvalue weighted by Gasteiger charge is -2.19. The standard InChI is InChI=1S/C23H22Cl2N2O2/c24-18-10-8-15(9-11-18)14-27-22-17(12-16-4-3-6-19(25)13-16)5-1-2-7-20(22)21(26-27)23(28)29/h3-4,6,8-11,13,17H,1-2,5,7,12,14H2,(H,28,29). The van der Waals surface area contributed by atoms with Crippen LogP contribution in [0.1, 0.15) is 58.1 Å². The van der Waals surface area contributed by atoms with Crippen LogP contribution in [0.25, 0.3) is 0 Å². The summed E-state index contributed by atoms with van der Waals surface area (Å²) in [7, 11) is 0. The van der Waals surface area contributed by atoms with Gasteiger partial charge in [-0.3, -0.25) is 4.68 Å². The molecule has 6 heteroatoms. The summed E-state index contributed by atoms with van der Waals surface area (Å²) in [4.78, 5) is 11.9. The van der Waals surface area contributed by atoms with Crippen LogP contribution in [0, 0.1) is 0 Å². The first-order valence-electron chi connectivity index (χ1n) is 9.83. The monoisotopic (exact) mass is 428 g/mol. The summed E-state index contributed by atoms with van der Waals surface area (Å²) < 4.78 is 1.89. The van der Waals surface area contributed by atoms with Gasteiger partial charge in [0, 0.05) is 27.2 Å². The Bertz CT molecular complexity index is 1030. The number of hydrogen-bond donors (Lipinski definition) is 1. The zero-order chi connectivity index (χ0) is 20.4. The van der Waals surface area contributed by atoms with Crippen molar-refractivity contribution in [2.45, 2.75) is 44.6 Å². The number of aromatic carboxylic acids is 1. The van der Waals surface area contributed by atoms with E-state index in [0.717, 1.165) is 59.5 Å². The number of carboxylic acid groups (broad SMARTS) is 1. The summed E-state index contributed by atoms with van der Waals surface area (Å²) in [6.07, 6.45) is 4.62. The highest BCUT2D eigenvalue weighted by Gasteiger charge is 2.29. The zero-order valence-electron chi connectivity index (χ0n) is 15.9. The number of benzene rings is 2. The van der Waals surface area contributed by atoms with Crippen molar-refractivity contribution in [3.63, 3.8) is 0 Å². The minimum absolute atomic E-state index is 0.187. The van der Waals surface area contributed by atoms with E-state index < -0.39 is 5.97 Å². The Morgan fingerprint density at radius 3 is 2.59 bits per heavy atom. The molecule has 1 N–H and O–H groups in total. The van der Waals surface area contributed by atoms with E-state index in [1.165, 1.54) is 0 Å². The molecule has 1 heterocycles. The van der Waals surface area contributed by atoms with Crippen molar-refractivity contribution < 1.29 is 9.90 Å². The number of rotatable bonds is 5. The van der Waals surface area contributed by atoms with Gasteiger partial charge in [0.1, 0.15) is 0 Å². The van der Waals surface area contributed by atoms with Crippen LogP contribution in [0.4, 0.5) is 0 Å². The third-order valence-electron chi connectivity index (χ3n) is 5.53. The molecule has 1 atom stereocenters. The van der Waals surface area contributed by atoms with Crippen molar-refractivity contribution in [3.05, 3.63) is 86.7 Å². The second kappa shape index (κ2) is 8.60. The summed E-state index contributed by atoms with van der Waals surface area (Å²) in [5.74, 6) is -0.752. The number of halogens is 2. The largest absolute Gasteiger partial charge is 0.476 e. The molecule has 2 aromatic carbocycles. The van der Waals surface area contributed by atoms with E-state index in [1.54, 1.807) is 0 Å². The summed E-state index contributed by atoms with van der Waals surface area (Å²) in [6.45, 7) is 0.527. The molecule has 29 heavy (non-hydrogen) atoms. The van der Waals surface area contributed by atoms with E-state index in [4.69, 9.17) is 23.2 Å². The van der Waals surface area contributed by atoms with Crippen LogP contribution < -0.4 is 0 Å². The molecule has 1 aliphatic rings. The van der Waals surface area contributed by atoms with Crippen molar-refractivity contribution in [2.24, 2.45) is 0 Å². The van der Waals surface area contributed by atoms with E-state index in [0.29, 0.717) is 11.6 Å². The Balaban J connectivity index is 1.75.